The molecule has 0 N–H and O–H groups in total. The van der Waals surface area contributed by atoms with E-state index in [0.29, 0.717) is 12.4 Å². The van der Waals surface area contributed by atoms with Crippen LogP contribution in [0.1, 0.15) is 29.8 Å². The molecule has 7 nitrogen and oxygen atoms in total. The molecule has 1 amide bonds. The molecule has 0 radical (unpaired) electrons. The summed E-state index contributed by atoms with van der Waals surface area (Å²) in [7, 11) is -4.94. The molecule has 2 aliphatic heterocycles. The summed E-state index contributed by atoms with van der Waals surface area (Å²) in [5.41, 5.74) is 1.48. The molecule has 4 rings (SSSR count). The second-order valence-electron chi connectivity index (χ2n) is 6.15. The van der Waals surface area contributed by atoms with E-state index in [1.165, 1.54) is 0 Å². The molecule has 2 aromatic rings. The fraction of sp³-hybridized carbons (Fsp3) is 0.250. The SMILES string of the molecule is CC1(C)C[N+]2=C(O1)c1cccc3cccc(c13)C2=O.[O-][Cl+3]([O-])([O-])[O-]. The van der Waals surface area contributed by atoms with E-state index in [-0.39, 0.29) is 11.5 Å². The van der Waals surface area contributed by atoms with Gasteiger partial charge in [-0.2, -0.15) is 0 Å². The highest BCUT2D eigenvalue weighted by Crippen LogP contribution is 2.32. The standard InChI is InChI=1S/C16H14NO2.ClHO4/c1-16(2)9-17-14(18)11-7-3-5-10-6-4-8-12(13(10)11)15(17)19-16;2-1(3,4)5/h3-8H,9H2,1-2H3;(H,2,3,4,5)/q+1;/p-1. The Kier molecular flexibility index (Phi) is 3.86. The Morgan fingerprint density at radius 2 is 1.58 bits per heavy atom. The van der Waals surface area contributed by atoms with Crippen LogP contribution in [0.3, 0.4) is 0 Å². The first-order valence-electron chi connectivity index (χ1n) is 7.08. The lowest BCUT2D eigenvalue weighted by atomic mass is 9.96. The quantitative estimate of drug-likeness (QED) is 0.497. The average Bonchev–Trinajstić information content (AvgIpc) is 2.79. The summed E-state index contributed by atoms with van der Waals surface area (Å²) in [6, 6.07) is 11.9. The highest BCUT2D eigenvalue weighted by molar-refractivity contribution is 6.18. The lowest BCUT2D eigenvalue weighted by Crippen LogP contribution is -2.68. The highest BCUT2D eigenvalue weighted by atomic mass is 35.7. The second-order valence-corrected chi connectivity index (χ2v) is 6.90. The van der Waals surface area contributed by atoms with Crippen LogP contribution in [-0.4, -0.2) is 28.5 Å². The van der Waals surface area contributed by atoms with Gasteiger partial charge in [0, 0.05) is 5.39 Å². The second kappa shape index (κ2) is 5.51. The van der Waals surface area contributed by atoms with Crippen molar-refractivity contribution < 1.29 is 43.0 Å². The van der Waals surface area contributed by atoms with Gasteiger partial charge in [-0.25, -0.2) is 23.4 Å². The third-order valence-electron chi connectivity index (χ3n) is 3.77. The number of benzene rings is 2. The molecule has 0 atom stereocenters. The summed E-state index contributed by atoms with van der Waals surface area (Å²) in [4.78, 5) is 12.6. The molecule has 0 spiro atoms. The summed E-state index contributed by atoms with van der Waals surface area (Å²) in [5, 5.41) is 2.10. The summed E-state index contributed by atoms with van der Waals surface area (Å²) in [6.45, 7) is 4.62. The Labute approximate surface area is 139 Å². The lowest BCUT2D eigenvalue weighted by Gasteiger charge is -2.17. The zero-order chi connectivity index (χ0) is 17.7. The lowest BCUT2D eigenvalue weighted by molar-refractivity contribution is -2.00. The number of fused-ring (bicyclic) bond motifs is 1. The van der Waals surface area contributed by atoms with E-state index in [1.807, 2.05) is 50.2 Å². The number of carbonyl (C=O) groups is 1. The van der Waals surface area contributed by atoms with Crippen LogP contribution >= 0.6 is 0 Å². The Balaban J connectivity index is 0.000000300. The van der Waals surface area contributed by atoms with Crippen LogP contribution in [0.25, 0.3) is 10.8 Å². The van der Waals surface area contributed by atoms with E-state index in [1.54, 1.807) is 4.58 Å². The topological polar surface area (TPSA) is 122 Å². The Morgan fingerprint density at radius 1 is 1.04 bits per heavy atom. The molecule has 0 unspecified atom stereocenters. The van der Waals surface area contributed by atoms with Gasteiger partial charge in [-0.15, -0.1) is 14.8 Å². The molecule has 0 fully saturated rings. The molecular formula is C16H14ClNO6. The van der Waals surface area contributed by atoms with Gasteiger partial charge in [0.15, 0.2) is 12.1 Å². The van der Waals surface area contributed by atoms with E-state index < -0.39 is 10.2 Å². The first-order chi connectivity index (χ1) is 11.1. The van der Waals surface area contributed by atoms with Crippen LogP contribution in [0.15, 0.2) is 36.4 Å². The van der Waals surface area contributed by atoms with Crippen molar-refractivity contribution in [2.75, 3.05) is 6.54 Å². The number of nitrogens with zero attached hydrogens (tertiary/aromatic N) is 1. The van der Waals surface area contributed by atoms with Crippen LogP contribution in [0.5, 0.6) is 0 Å². The van der Waals surface area contributed by atoms with Gasteiger partial charge in [0.25, 0.3) is 0 Å². The van der Waals surface area contributed by atoms with Crippen molar-refractivity contribution in [3.05, 3.63) is 47.5 Å². The number of hydrogen-bond acceptors (Lipinski definition) is 6. The number of carbonyl (C=O) groups excluding carboxylic acids is 1. The normalized spacial score (nSPS) is 18.0. The van der Waals surface area contributed by atoms with E-state index in [2.05, 4.69) is 0 Å². The van der Waals surface area contributed by atoms with Crippen LogP contribution in [0, 0.1) is 10.2 Å². The molecule has 126 valence electrons. The highest BCUT2D eigenvalue weighted by Gasteiger charge is 2.47. The van der Waals surface area contributed by atoms with Crippen LogP contribution < -0.4 is 18.6 Å². The molecule has 0 aliphatic carbocycles. The fourth-order valence-electron chi connectivity index (χ4n) is 3.01. The van der Waals surface area contributed by atoms with Crippen LogP contribution in [0.4, 0.5) is 0 Å². The largest absolute Gasteiger partial charge is 0.431 e. The van der Waals surface area contributed by atoms with Gasteiger partial charge in [0.1, 0.15) is 0 Å². The van der Waals surface area contributed by atoms with Crippen molar-refractivity contribution in [2.24, 2.45) is 0 Å². The van der Waals surface area contributed by atoms with Gasteiger partial charge in [-0.05, 0) is 31.4 Å². The number of ether oxygens (including phenoxy) is 1. The molecule has 2 aliphatic rings. The Hall–Kier alpha value is -2.03. The van der Waals surface area contributed by atoms with Crippen molar-refractivity contribution >= 4 is 22.6 Å². The number of rotatable bonds is 0. The smallest absolute Gasteiger partial charge is 0.423 e. The van der Waals surface area contributed by atoms with Crippen molar-refractivity contribution in [2.45, 2.75) is 19.4 Å². The summed E-state index contributed by atoms with van der Waals surface area (Å²) in [6.07, 6.45) is 0. The van der Waals surface area contributed by atoms with Crippen molar-refractivity contribution in [1.29, 1.82) is 0 Å². The van der Waals surface area contributed by atoms with E-state index in [9.17, 15) is 4.79 Å². The van der Waals surface area contributed by atoms with Crippen molar-refractivity contribution in [1.82, 2.24) is 0 Å². The van der Waals surface area contributed by atoms with Gasteiger partial charge in [0.2, 0.25) is 0 Å². The van der Waals surface area contributed by atoms with E-state index in [4.69, 9.17) is 23.4 Å². The summed E-state index contributed by atoms with van der Waals surface area (Å²) in [5.74, 6) is 0.754. The minimum atomic E-state index is -4.94. The average molecular weight is 352 g/mol. The van der Waals surface area contributed by atoms with Gasteiger partial charge < -0.3 is 4.74 Å². The maximum absolute atomic E-state index is 12.6. The number of amides is 1. The zero-order valence-electron chi connectivity index (χ0n) is 12.9. The van der Waals surface area contributed by atoms with Crippen molar-refractivity contribution in [3.8, 4) is 0 Å². The Bertz CT molecular complexity index is 857. The van der Waals surface area contributed by atoms with Gasteiger partial charge in [-0.3, -0.25) is 0 Å². The molecule has 0 bridgehead atoms. The van der Waals surface area contributed by atoms with Crippen LogP contribution in [-0.2, 0) is 4.74 Å². The zero-order valence-corrected chi connectivity index (χ0v) is 13.7. The third-order valence-corrected chi connectivity index (χ3v) is 3.77. The van der Waals surface area contributed by atoms with Gasteiger partial charge in [-0.1, -0.05) is 24.3 Å². The minimum Gasteiger partial charge on any atom is -0.431 e. The van der Waals surface area contributed by atoms with Gasteiger partial charge >= 0.3 is 11.8 Å². The van der Waals surface area contributed by atoms with Crippen molar-refractivity contribution in [3.63, 3.8) is 0 Å². The van der Waals surface area contributed by atoms with Crippen LogP contribution in [0.2, 0.25) is 0 Å². The molecule has 8 heteroatoms. The predicted molar refractivity (Wildman–Crippen MR) is 72.7 cm³/mol. The first-order valence-corrected chi connectivity index (χ1v) is 8.32. The monoisotopic (exact) mass is 351 g/mol. The van der Waals surface area contributed by atoms with E-state index in [0.717, 1.165) is 21.9 Å². The van der Waals surface area contributed by atoms with E-state index >= 15 is 0 Å². The summed E-state index contributed by atoms with van der Waals surface area (Å²) >= 11 is 0. The number of halogens is 1. The summed E-state index contributed by atoms with van der Waals surface area (Å²) < 4.78 is 41.7. The first kappa shape index (κ1) is 16.8. The molecule has 0 aromatic heterocycles. The fourth-order valence-corrected chi connectivity index (χ4v) is 3.01. The molecule has 2 aromatic carbocycles. The molecule has 0 saturated carbocycles. The Morgan fingerprint density at radius 3 is 2.17 bits per heavy atom. The minimum absolute atomic E-state index is 0.0462. The third kappa shape index (κ3) is 3.12. The maximum atomic E-state index is 12.6. The molecule has 0 saturated heterocycles. The predicted octanol–water partition coefficient (Wildman–Crippen LogP) is -2.19. The molecule has 2 heterocycles. The molecular weight excluding hydrogens is 338 g/mol. The maximum Gasteiger partial charge on any atom is 0.423 e. The van der Waals surface area contributed by atoms with Gasteiger partial charge in [0.05, 0.1) is 11.1 Å². The molecule has 24 heavy (non-hydrogen) atoms. The number of hydrogen-bond donors (Lipinski definition) is 0.